The number of aryl methyl sites for hydroxylation is 2. The molecule has 5 rings (SSSR count). The Labute approximate surface area is 227 Å². The third-order valence-electron chi connectivity index (χ3n) is 7.62. The van der Waals surface area contributed by atoms with Crippen molar-refractivity contribution in [1.29, 1.82) is 0 Å². The Morgan fingerprint density at radius 2 is 2.11 bits per heavy atom. The highest BCUT2D eigenvalue weighted by Crippen LogP contribution is 2.38. The molecule has 1 amide bonds. The van der Waals surface area contributed by atoms with Crippen molar-refractivity contribution < 1.29 is 9.90 Å². The highest BCUT2D eigenvalue weighted by Gasteiger charge is 2.30. The maximum Gasteiger partial charge on any atom is 0.261 e. The molecule has 0 saturated carbocycles. The fourth-order valence-electron chi connectivity index (χ4n) is 5.20. The summed E-state index contributed by atoms with van der Waals surface area (Å²) in [6, 6.07) is 11.3. The molecule has 3 heterocycles. The van der Waals surface area contributed by atoms with Gasteiger partial charge in [0.25, 0.3) is 5.91 Å². The summed E-state index contributed by atoms with van der Waals surface area (Å²) in [4.78, 5) is 19.7. The molecule has 3 atom stereocenters. The van der Waals surface area contributed by atoms with E-state index >= 15 is 0 Å². The van der Waals surface area contributed by atoms with E-state index in [-0.39, 0.29) is 23.9 Å². The normalized spacial score (nSPS) is 17.2. The first-order valence-electron chi connectivity index (χ1n) is 13.1. The monoisotopic (exact) mass is 532 g/mol. The van der Waals surface area contributed by atoms with Gasteiger partial charge in [-0.25, -0.2) is 4.98 Å². The second-order valence-corrected chi connectivity index (χ2v) is 12.3. The highest BCUT2D eigenvalue weighted by molar-refractivity contribution is 7.20. The van der Waals surface area contributed by atoms with Gasteiger partial charge in [-0.1, -0.05) is 32.9 Å². The number of nitrogens with one attached hydrogen (secondary N) is 3. The number of aliphatic hydroxyl groups is 1. The van der Waals surface area contributed by atoms with Crippen molar-refractivity contribution in [3.8, 4) is 0 Å². The van der Waals surface area contributed by atoms with Gasteiger partial charge in [-0.3, -0.25) is 9.89 Å². The lowest BCUT2D eigenvalue weighted by Crippen LogP contribution is -2.33. The molecule has 0 spiro atoms. The van der Waals surface area contributed by atoms with Gasteiger partial charge in [0.1, 0.15) is 4.83 Å². The Balaban J connectivity index is 1.31. The molecule has 9 heteroatoms. The predicted molar refractivity (Wildman–Crippen MR) is 152 cm³/mol. The number of carbonyl (C=O) groups is 1. The number of hydrogen-bond acceptors (Lipinski definition) is 7. The summed E-state index contributed by atoms with van der Waals surface area (Å²) in [7, 11) is 0. The van der Waals surface area contributed by atoms with Crippen molar-refractivity contribution in [1.82, 2.24) is 20.5 Å². The number of aliphatic hydroxyl groups excluding tert-OH is 1. The van der Waals surface area contributed by atoms with Gasteiger partial charge < -0.3 is 21.5 Å². The van der Waals surface area contributed by atoms with Gasteiger partial charge in [0, 0.05) is 34.6 Å². The Bertz CT molecular complexity index is 1450. The third kappa shape index (κ3) is 5.45. The van der Waals surface area contributed by atoms with Crippen molar-refractivity contribution >= 4 is 33.1 Å². The summed E-state index contributed by atoms with van der Waals surface area (Å²) in [6.07, 6.45) is 3.86. The van der Waals surface area contributed by atoms with Crippen LogP contribution in [0.5, 0.6) is 0 Å². The van der Waals surface area contributed by atoms with Gasteiger partial charge in [0.2, 0.25) is 0 Å². The van der Waals surface area contributed by atoms with Gasteiger partial charge in [-0.2, -0.15) is 5.10 Å². The molecule has 1 aromatic carbocycles. The molecule has 4 aromatic rings. The summed E-state index contributed by atoms with van der Waals surface area (Å²) >= 11 is 1.43. The average Bonchev–Trinajstić information content (AvgIpc) is 3.50. The quantitative estimate of drug-likeness (QED) is 0.213. The lowest BCUT2D eigenvalue weighted by Gasteiger charge is -2.34. The number of thiophene rings is 1. The number of benzene rings is 1. The Morgan fingerprint density at radius 3 is 2.82 bits per heavy atom. The topological polar surface area (TPSA) is 129 Å². The number of nitrogens with zero attached hydrogens (tertiary/aromatic N) is 2. The average molecular weight is 533 g/mol. The molecule has 200 valence electrons. The SMILES string of the molecule is Cc1[nH]ncc1C(O)Nc1cccc([C@@H](CN)NC(=O)c2cc3cc4c(nc3s2)CC[C@@H](C(C)(C)C)C4)c1. The number of anilines is 1. The number of amides is 1. The van der Waals surface area contributed by atoms with Gasteiger partial charge in [0.15, 0.2) is 6.23 Å². The number of carbonyl (C=O) groups excluding carboxylic acids is 1. The minimum Gasteiger partial charge on any atom is -0.369 e. The number of aromatic amines is 1. The van der Waals surface area contributed by atoms with Gasteiger partial charge in [0.05, 0.1) is 17.1 Å². The fraction of sp³-hybridized carbons (Fsp3) is 0.414. The fourth-order valence-corrected chi connectivity index (χ4v) is 6.14. The van der Waals surface area contributed by atoms with Gasteiger partial charge in [-0.15, -0.1) is 11.3 Å². The van der Waals surface area contributed by atoms with Gasteiger partial charge >= 0.3 is 0 Å². The number of pyridine rings is 1. The molecule has 38 heavy (non-hydrogen) atoms. The number of rotatable bonds is 7. The first-order chi connectivity index (χ1) is 18.1. The summed E-state index contributed by atoms with van der Waals surface area (Å²) in [6.45, 7) is 9.02. The molecule has 1 aliphatic carbocycles. The molecule has 8 nitrogen and oxygen atoms in total. The molecule has 1 aliphatic rings. The summed E-state index contributed by atoms with van der Waals surface area (Å²) in [5, 5.41) is 24.5. The molecule has 6 N–H and O–H groups in total. The van der Waals surface area contributed by atoms with Crippen LogP contribution in [0.2, 0.25) is 0 Å². The lowest BCUT2D eigenvalue weighted by atomic mass is 9.71. The van der Waals surface area contributed by atoms with Crippen LogP contribution in [0.3, 0.4) is 0 Å². The standard InChI is InChI=1S/C29H36N6O2S/c1-16-22(15-31-35-16)26(36)32-21-7-5-6-17(12-21)24(14-30)33-27(37)25-13-19-10-18-11-20(29(2,3)4)8-9-23(18)34-28(19)38-25/h5-7,10,12-13,15,20,24,26,32,36H,8-9,11,14,30H2,1-4H3,(H,31,35)(H,33,37)/t20-,24-,26?/m1/s1. The zero-order chi connectivity index (χ0) is 27.0. The zero-order valence-electron chi connectivity index (χ0n) is 22.3. The second-order valence-electron chi connectivity index (χ2n) is 11.3. The molecular weight excluding hydrogens is 496 g/mol. The van der Waals surface area contributed by atoms with E-state index in [9.17, 15) is 9.90 Å². The smallest absolute Gasteiger partial charge is 0.261 e. The highest BCUT2D eigenvalue weighted by atomic mass is 32.1. The van der Waals surface area contributed by atoms with Crippen LogP contribution in [0.25, 0.3) is 10.2 Å². The van der Waals surface area contributed by atoms with E-state index in [0.717, 1.165) is 40.7 Å². The number of hydrogen-bond donors (Lipinski definition) is 5. The van der Waals surface area contributed by atoms with Crippen molar-refractivity contribution in [3.05, 3.63) is 75.6 Å². The van der Waals surface area contributed by atoms with E-state index in [4.69, 9.17) is 10.7 Å². The van der Waals surface area contributed by atoms with Crippen molar-refractivity contribution in [2.45, 2.75) is 59.2 Å². The molecule has 1 unspecified atom stereocenters. The van der Waals surface area contributed by atoms with E-state index in [1.54, 1.807) is 6.20 Å². The summed E-state index contributed by atoms with van der Waals surface area (Å²) in [5.41, 5.74) is 11.9. The Morgan fingerprint density at radius 1 is 1.29 bits per heavy atom. The van der Waals surface area contributed by atoms with Crippen LogP contribution >= 0.6 is 11.3 Å². The van der Waals surface area contributed by atoms with Crippen molar-refractivity contribution in [3.63, 3.8) is 0 Å². The van der Waals surface area contributed by atoms with E-state index in [2.05, 4.69) is 47.7 Å². The Hall–Kier alpha value is -3.27. The number of fused-ring (bicyclic) bond motifs is 2. The van der Waals surface area contributed by atoms with Crippen molar-refractivity contribution in [2.24, 2.45) is 17.1 Å². The maximum atomic E-state index is 13.3. The van der Waals surface area contributed by atoms with E-state index in [1.165, 1.54) is 22.6 Å². The molecule has 0 fully saturated rings. The lowest BCUT2D eigenvalue weighted by molar-refractivity contribution is 0.0942. The minimum atomic E-state index is -0.912. The van der Waals surface area contributed by atoms with E-state index < -0.39 is 6.23 Å². The van der Waals surface area contributed by atoms with Gasteiger partial charge in [-0.05, 0) is 72.9 Å². The Kier molecular flexibility index (Phi) is 7.26. The maximum absolute atomic E-state index is 13.3. The number of aromatic nitrogens is 3. The molecule has 0 bridgehead atoms. The number of nitrogens with two attached hydrogens (primary N) is 1. The molecular formula is C29H36N6O2S. The summed E-state index contributed by atoms with van der Waals surface area (Å²) in [5.74, 6) is 0.470. The summed E-state index contributed by atoms with van der Waals surface area (Å²) < 4.78 is 0. The van der Waals surface area contributed by atoms with E-state index in [0.29, 0.717) is 22.0 Å². The van der Waals surface area contributed by atoms with Crippen LogP contribution in [0.15, 0.2) is 42.6 Å². The largest absolute Gasteiger partial charge is 0.369 e. The predicted octanol–water partition coefficient (Wildman–Crippen LogP) is 5.01. The minimum absolute atomic E-state index is 0.165. The van der Waals surface area contributed by atoms with Crippen LogP contribution in [-0.2, 0) is 12.8 Å². The first-order valence-corrected chi connectivity index (χ1v) is 13.9. The van der Waals surface area contributed by atoms with Crippen LogP contribution in [0.4, 0.5) is 5.69 Å². The molecule has 0 saturated heterocycles. The van der Waals surface area contributed by atoms with Crippen molar-refractivity contribution in [2.75, 3.05) is 11.9 Å². The first kappa shape index (κ1) is 26.3. The molecule has 3 aromatic heterocycles. The van der Waals surface area contributed by atoms with E-state index in [1.807, 2.05) is 37.3 Å². The van der Waals surface area contributed by atoms with Crippen LogP contribution in [0.1, 0.15) is 77.2 Å². The number of H-pyrrole nitrogens is 1. The van der Waals surface area contributed by atoms with Crippen LogP contribution in [0, 0.1) is 18.3 Å². The molecule has 0 aliphatic heterocycles. The third-order valence-corrected chi connectivity index (χ3v) is 8.66. The van der Waals surface area contributed by atoms with Crippen LogP contribution in [-0.4, -0.2) is 32.7 Å². The second kappa shape index (κ2) is 10.5. The van der Waals surface area contributed by atoms with Crippen LogP contribution < -0.4 is 16.4 Å². The zero-order valence-corrected chi connectivity index (χ0v) is 23.2. The molecule has 0 radical (unpaired) electrons.